The van der Waals surface area contributed by atoms with Gasteiger partial charge in [-0.05, 0) is 39.2 Å². The van der Waals surface area contributed by atoms with Gasteiger partial charge in [0.25, 0.3) is 0 Å². The first-order valence-corrected chi connectivity index (χ1v) is 10.5. The fraction of sp³-hybridized carbons (Fsp3) is 0.348. The molecule has 7 heteroatoms. The smallest absolute Gasteiger partial charge is 0.341 e. The van der Waals surface area contributed by atoms with Gasteiger partial charge in [0, 0.05) is 10.4 Å². The largest absolute Gasteiger partial charge is 0.481 e. The van der Waals surface area contributed by atoms with Gasteiger partial charge in [0.15, 0.2) is 0 Å². The minimum atomic E-state index is -0.984. The summed E-state index contributed by atoms with van der Waals surface area (Å²) >= 11 is 1.29. The maximum atomic E-state index is 13.1. The van der Waals surface area contributed by atoms with E-state index in [1.807, 2.05) is 51.1 Å². The number of benzene rings is 1. The first-order valence-electron chi connectivity index (χ1n) is 9.70. The number of methoxy groups -OCH3 is 1. The van der Waals surface area contributed by atoms with Gasteiger partial charge in [-0.15, -0.1) is 11.3 Å². The SMILES string of the molecule is COC(=O)c1c(NC(=O)[C@@H]2CC(C)=C(C)C[C@H]2C(=O)O)sc(C)c1-c1ccccc1. The summed E-state index contributed by atoms with van der Waals surface area (Å²) < 4.78 is 4.98. The van der Waals surface area contributed by atoms with Crippen LogP contribution in [0.15, 0.2) is 41.5 Å². The van der Waals surface area contributed by atoms with Crippen LogP contribution in [-0.4, -0.2) is 30.1 Å². The summed E-state index contributed by atoms with van der Waals surface area (Å²) in [5.41, 5.74) is 3.91. The molecule has 0 bridgehead atoms. The minimum Gasteiger partial charge on any atom is -0.481 e. The monoisotopic (exact) mass is 427 g/mol. The summed E-state index contributed by atoms with van der Waals surface area (Å²) in [6, 6.07) is 9.43. The Kier molecular flexibility index (Phi) is 6.41. The Morgan fingerprint density at radius 1 is 1.03 bits per heavy atom. The first-order chi connectivity index (χ1) is 14.2. The van der Waals surface area contributed by atoms with Gasteiger partial charge in [-0.1, -0.05) is 41.5 Å². The number of esters is 1. The number of aliphatic carboxylic acids is 1. The molecular formula is C23H25NO5S. The molecule has 6 nitrogen and oxygen atoms in total. The minimum absolute atomic E-state index is 0.297. The van der Waals surface area contributed by atoms with Crippen LogP contribution >= 0.6 is 11.3 Å². The van der Waals surface area contributed by atoms with Gasteiger partial charge in [-0.2, -0.15) is 0 Å². The molecule has 1 amide bonds. The molecule has 2 atom stereocenters. The first kappa shape index (κ1) is 21.8. The van der Waals surface area contributed by atoms with Crippen LogP contribution in [0.3, 0.4) is 0 Å². The van der Waals surface area contributed by atoms with Crippen LogP contribution < -0.4 is 5.32 Å². The lowest BCUT2D eigenvalue weighted by Crippen LogP contribution is -2.36. The summed E-state index contributed by atoms with van der Waals surface area (Å²) in [5.74, 6) is -3.40. The van der Waals surface area contributed by atoms with Crippen LogP contribution in [0.25, 0.3) is 11.1 Å². The quantitative estimate of drug-likeness (QED) is 0.523. The molecule has 1 aliphatic carbocycles. The number of nitrogens with one attached hydrogen (secondary N) is 1. The van der Waals surface area contributed by atoms with Crippen LogP contribution in [0, 0.1) is 18.8 Å². The molecule has 0 aliphatic heterocycles. The van der Waals surface area contributed by atoms with Crippen LogP contribution in [-0.2, 0) is 14.3 Å². The molecule has 1 aliphatic rings. The van der Waals surface area contributed by atoms with E-state index in [-0.39, 0.29) is 5.91 Å². The molecule has 1 heterocycles. The third-order valence-corrected chi connectivity index (χ3v) is 6.71. The standard InChI is InChI=1S/C23H25NO5S/c1-12-10-16(17(22(26)27)11-13(12)2)20(25)24-21-19(23(28)29-4)18(14(3)30-21)15-8-6-5-7-9-15/h5-9,16-17H,10-11H2,1-4H3,(H,24,25)(H,26,27)/t16-,17-/m1/s1. The van der Waals surface area contributed by atoms with Gasteiger partial charge in [0.2, 0.25) is 5.91 Å². The lowest BCUT2D eigenvalue weighted by Gasteiger charge is -2.29. The van der Waals surface area contributed by atoms with Crippen molar-refractivity contribution < 1.29 is 24.2 Å². The van der Waals surface area contributed by atoms with Gasteiger partial charge in [-0.25, -0.2) is 4.79 Å². The molecule has 0 saturated carbocycles. The number of carboxylic acids is 1. The van der Waals surface area contributed by atoms with Crippen molar-refractivity contribution in [1.82, 2.24) is 0 Å². The van der Waals surface area contributed by atoms with E-state index in [0.29, 0.717) is 29.0 Å². The molecule has 0 spiro atoms. The highest BCUT2D eigenvalue weighted by molar-refractivity contribution is 7.17. The van der Waals surface area contributed by atoms with Gasteiger partial charge in [-0.3, -0.25) is 9.59 Å². The van der Waals surface area contributed by atoms with Crippen molar-refractivity contribution in [3.63, 3.8) is 0 Å². The Hall–Kier alpha value is -2.93. The molecule has 2 N–H and O–H groups in total. The lowest BCUT2D eigenvalue weighted by molar-refractivity contribution is -0.146. The van der Waals surface area contributed by atoms with Gasteiger partial charge in [0.1, 0.15) is 10.6 Å². The fourth-order valence-electron chi connectivity index (χ4n) is 3.91. The second kappa shape index (κ2) is 8.83. The van der Waals surface area contributed by atoms with Gasteiger partial charge >= 0.3 is 11.9 Å². The molecule has 1 aromatic heterocycles. The van der Waals surface area contributed by atoms with E-state index in [1.165, 1.54) is 18.4 Å². The Morgan fingerprint density at radius 3 is 2.20 bits per heavy atom. The average Bonchev–Trinajstić information content (AvgIpc) is 3.04. The van der Waals surface area contributed by atoms with Gasteiger partial charge in [0.05, 0.1) is 18.9 Å². The summed E-state index contributed by atoms with van der Waals surface area (Å²) in [6.45, 7) is 5.71. The van der Waals surface area contributed by atoms with Crippen molar-refractivity contribution >= 4 is 34.2 Å². The Morgan fingerprint density at radius 2 is 1.63 bits per heavy atom. The predicted octanol–water partition coefficient (Wildman–Crippen LogP) is 4.90. The van der Waals surface area contributed by atoms with Crippen LogP contribution in [0.1, 0.15) is 41.9 Å². The fourth-order valence-corrected chi connectivity index (χ4v) is 4.98. The number of carbonyl (C=O) groups is 3. The number of carboxylic acid groups (broad SMARTS) is 1. The molecule has 0 radical (unpaired) electrons. The number of thiophene rings is 1. The average molecular weight is 428 g/mol. The third kappa shape index (κ3) is 4.16. The van der Waals surface area contributed by atoms with Crippen LogP contribution in [0.5, 0.6) is 0 Å². The normalized spacial score (nSPS) is 18.8. The second-order valence-corrected chi connectivity index (χ2v) is 8.83. The van der Waals surface area contributed by atoms with E-state index >= 15 is 0 Å². The molecule has 0 saturated heterocycles. The Bertz CT molecular complexity index is 1020. The Balaban J connectivity index is 1.99. The number of allylic oxidation sites excluding steroid dienone is 2. The summed E-state index contributed by atoms with van der Waals surface area (Å²) in [5, 5.41) is 12.9. The number of rotatable bonds is 5. The van der Waals surface area contributed by atoms with E-state index in [2.05, 4.69) is 5.32 Å². The van der Waals surface area contributed by atoms with Crippen molar-refractivity contribution in [1.29, 1.82) is 0 Å². The molecular weight excluding hydrogens is 402 g/mol. The zero-order valence-electron chi connectivity index (χ0n) is 17.4. The van der Waals surface area contributed by atoms with Crippen molar-refractivity contribution in [2.24, 2.45) is 11.8 Å². The molecule has 158 valence electrons. The number of ether oxygens (including phenoxy) is 1. The van der Waals surface area contributed by atoms with Crippen molar-refractivity contribution in [2.75, 3.05) is 12.4 Å². The van der Waals surface area contributed by atoms with Crippen LogP contribution in [0.4, 0.5) is 5.00 Å². The van der Waals surface area contributed by atoms with E-state index < -0.39 is 23.8 Å². The third-order valence-electron chi connectivity index (χ3n) is 5.69. The summed E-state index contributed by atoms with van der Waals surface area (Å²) in [7, 11) is 1.30. The summed E-state index contributed by atoms with van der Waals surface area (Å²) in [4.78, 5) is 38.3. The zero-order chi connectivity index (χ0) is 22.0. The number of hydrogen-bond acceptors (Lipinski definition) is 5. The van der Waals surface area contributed by atoms with E-state index in [0.717, 1.165) is 21.6 Å². The van der Waals surface area contributed by atoms with E-state index in [9.17, 15) is 19.5 Å². The lowest BCUT2D eigenvalue weighted by atomic mass is 9.76. The maximum Gasteiger partial charge on any atom is 0.341 e. The van der Waals surface area contributed by atoms with E-state index in [1.54, 1.807) is 0 Å². The molecule has 2 aromatic rings. The van der Waals surface area contributed by atoms with Crippen molar-refractivity contribution in [3.05, 3.63) is 51.9 Å². The summed E-state index contributed by atoms with van der Waals surface area (Å²) in [6.07, 6.45) is 0.736. The predicted molar refractivity (Wildman–Crippen MR) is 117 cm³/mol. The molecule has 1 aromatic carbocycles. The van der Waals surface area contributed by atoms with Crippen molar-refractivity contribution in [3.8, 4) is 11.1 Å². The second-order valence-electron chi connectivity index (χ2n) is 7.60. The highest BCUT2D eigenvalue weighted by atomic mass is 32.1. The Labute approximate surface area is 179 Å². The highest BCUT2D eigenvalue weighted by Gasteiger charge is 2.38. The molecule has 30 heavy (non-hydrogen) atoms. The highest BCUT2D eigenvalue weighted by Crippen LogP contribution is 2.41. The molecule has 0 unspecified atom stereocenters. The number of carbonyl (C=O) groups excluding carboxylic acids is 2. The number of aryl methyl sites for hydroxylation is 1. The molecule has 3 rings (SSSR count). The number of hydrogen-bond donors (Lipinski definition) is 2. The molecule has 0 fully saturated rings. The van der Waals surface area contributed by atoms with Gasteiger partial charge < -0.3 is 15.2 Å². The van der Waals surface area contributed by atoms with Crippen LogP contribution in [0.2, 0.25) is 0 Å². The van der Waals surface area contributed by atoms with Crippen molar-refractivity contribution in [2.45, 2.75) is 33.6 Å². The zero-order valence-corrected chi connectivity index (χ0v) is 18.3. The van der Waals surface area contributed by atoms with E-state index in [4.69, 9.17) is 4.74 Å². The number of anilines is 1. The maximum absolute atomic E-state index is 13.1. The topological polar surface area (TPSA) is 92.7 Å². The number of amides is 1.